The van der Waals surface area contributed by atoms with E-state index in [1.54, 1.807) is 0 Å². The van der Waals surface area contributed by atoms with Gasteiger partial charge in [-0.3, -0.25) is 4.79 Å². The number of hydrogen-bond acceptors (Lipinski definition) is 2. The first-order chi connectivity index (χ1) is 7.74. The number of carbonyl (C=O) groups excluding carboxylic acids is 1. The Labute approximate surface area is 97.6 Å². The van der Waals surface area contributed by atoms with Crippen molar-refractivity contribution in [2.45, 2.75) is 39.0 Å². The fraction of sp³-hybridized carbons (Fsp3) is 0.500. The first-order valence-electron chi connectivity index (χ1n) is 5.92. The molecule has 1 aromatic carbocycles. The summed E-state index contributed by atoms with van der Waals surface area (Å²) in [5.41, 5.74) is 1.38. The third-order valence-corrected chi connectivity index (χ3v) is 2.77. The van der Waals surface area contributed by atoms with Crippen LogP contribution in [-0.2, 0) is 9.53 Å². The van der Waals surface area contributed by atoms with Crippen molar-refractivity contribution in [3.63, 3.8) is 0 Å². The zero-order valence-corrected chi connectivity index (χ0v) is 10.1. The number of esters is 1. The molecule has 0 amide bonds. The van der Waals surface area contributed by atoms with Gasteiger partial charge in [0.25, 0.3) is 0 Å². The van der Waals surface area contributed by atoms with Gasteiger partial charge in [-0.05, 0) is 30.7 Å². The molecular weight excluding hydrogens is 200 g/mol. The lowest BCUT2D eigenvalue weighted by molar-refractivity contribution is -0.141. The van der Waals surface area contributed by atoms with Crippen LogP contribution in [0.2, 0.25) is 0 Å². The molecule has 0 aliphatic carbocycles. The van der Waals surface area contributed by atoms with Crippen LogP contribution >= 0.6 is 0 Å². The van der Waals surface area contributed by atoms with Gasteiger partial charge in [-0.1, -0.05) is 37.3 Å². The van der Waals surface area contributed by atoms with Gasteiger partial charge in [-0.2, -0.15) is 0 Å². The monoisotopic (exact) mass is 220 g/mol. The third kappa shape index (κ3) is 4.47. The average molecular weight is 220 g/mol. The van der Waals surface area contributed by atoms with Gasteiger partial charge in [0.05, 0.1) is 6.61 Å². The fourth-order valence-corrected chi connectivity index (χ4v) is 1.88. The van der Waals surface area contributed by atoms with Crippen LogP contribution in [0.25, 0.3) is 0 Å². The van der Waals surface area contributed by atoms with Crippen molar-refractivity contribution in [3.05, 3.63) is 35.9 Å². The normalized spacial score (nSPS) is 12.1. The second-order valence-electron chi connectivity index (χ2n) is 4.00. The van der Waals surface area contributed by atoms with Gasteiger partial charge >= 0.3 is 5.97 Å². The van der Waals surface area contributed by atoms with Crippen LogP contribution in [0.1, 0.15) is 44.6 Å². The van der Waals surface area contributed by atoms with Gasteiger partial charge in [0.2, 0.25) is 0 Å². The molecule has 1 atom stereocenters. The van der Waals surface area contributed by atoms with E-state index in [2.05, 4.69) is 31.2 Å². The largest absolute Gasteiger partial charge is 0.466 e. The zero-order chi connectivity index (χ0) is 11.8. The smallest absolute Gasteiger partial charge is 0.302 e. The van der Waals surface area contributed by atoms with E-state index < -0.39 is 0 Å². The summed E-state index contributed by atoms with van der Waals surface area (Å²) in [4.78, 5) is 10.6. The van der Waals surface area contributed by atoms with E-state index >= 15 is 0 Å². The van der Waals surface area contributed by atoms with Crippen LogP contribution < -0.4 is 0 Å². The van der Waals surface area contributed by atoms with Crippen molar-refractivity contribution in [1.29, 1.82) is 0 Å². The first kappa shape index (κ1) is 12.8. The number of benzene rings is 1. The molecule has 0 aliphatic rings. The predicted octanol–water partition coefficient (Wildman–Crippen LogP) is 3.52. The highest BCUT2D eigenvalue weighted by atomic mass is 16.5. The molecule has 0 spiro atoms. The van der Waals surface area contributed by atoms with Crippen LogP contribution in [0.15, 0.2) is 30.3 Å². The molecule has 0 radical (unpaired) electrons. The quantitative estimate of drug-likeness (QED) is 0.541. The Morgan fingerprint density at radius 1 is 1.31 bits per heavy atom. The molecule has 0 aliphatic heterocycles. The number of hydrogen-bond donors (Lipinski definition) is 0. The van der Waals surface area contributed by atoms with Crippen molar-refractivity contribution in [2.75, 3.05) is 6.61 Å². The van der Waals surface area contributed by atoms with E-state index in [1.807, 2.05) is 6.07 Å². The fourth-order valence-electron chi connectivity index (χ4n) is 1.88. The van der Waals surface area contributed by atoms with Crippen LogP contribution in [0, 0.1) is 0 Å². The summed E-state index contributed by atoms with van der Waals surface area (Å²) in [5, 5.41) is 0. The summed E-state index contributed by atoms with van der Waals surface area (Å²) in [6, 6.07) is 10.5. The molecule has 0 N–H and O–H groups in total. The van der Waals surface area contributed by atoms with E-state index in [9.17, 15) is 4.79 Å². The summed E-state index contributed by atoms with van der Waals surface area (Å²) in [7, 11) is 0. The standard InChI is InChI=1S/C14H20O2/c1-3-13(10-7-11-16-12(2)15)14-8-5-4-6-9-14/h4-6,8-9,13H,3,7,10-11H2,1-2H3. The third-order valence-electron chi connectivity index (χ3n) is 2.77. The molecule has 88 valence electrons. The van der Waals surface area contributed by atoms with Gasteiger partial charge in [0.15, 0.2) is 0 Å². The summed E-state index contributed by atoms with van der Waals surface area (Å²) in [6.45, 7) is 4.19. The van der Waals surface area contributed by atoms with Crippen LogP contribution in [0.5, 0.6) is 0 Å². The molecule has 0 bridgehead atoms. The van der Waals surface area contributed by atoms with Crippen molar-refractivity contribution >= 4 is 5.97 Å². The Hall–Kier alpha value is -1.31. The minimum absolute atomic E-state index is 0.187. The maximum atomic E-state index is 10.6. The summed E-state index contributed by atoms with van der Waals surface area (Å²) < 4.78 is 4.93. The molecule has 16 heavy (non-hydrogen) atoms. The molecule has 1 rings (SSSR count). The molecule has 0 saturated carbocycles. The minimum Gasteiger partial charge on any atom is -0.466 e. The topological polar surface area (TPSA) is 26.3 Å². The molecule has 0 heterocycles. The molecule has 2 nitrogen and oxygen atoms in total. The lowest BCUT2D eigenvalue weighted by Gasteiger charge is -2.14. The van der Waals surface area contributed by atoms with Gasteiger partial charge in [-0.15, -0.1) is 0 Å². The van der Waals surface area contributed by atoms with E-state index in [0.717, 1.165) is 19.3 Å². The Kier molecular flexibility index (Phi) is 5.62. The van der Waals surface area contributed by atoms with Crippen molar-refractivity contribution < 1.29 is 9.53 Å². The number of ether oxygens (including phenoxy) is 1. The molecule has 0 aromatic heterocycles. The SMILES string of the molecule is CCC(CCCOC(C)=O)c1ccccc1. The predicted molar refractivity (Wildman–Crippen MR) is 65.3 cm³/mol. The average Bonchev–Trinajstić information content (AvgIpc) is 2.30. The van der Waals surface area contributed by atoms with Gasteiger partial charge < -0.3 is 4.74 Å². The van der Waals surface area contributed by atoms with Crippen LogP contribution in [0.3, 0.4) is 0 Å². The summed E-state index contributed by atoms with van der Waals surface area (Å²) >= 11 is 0. The Morgan fingerprint density at radius 3 is 2.56 bits per heavy atom. The van der Waals surface area contributed by atoms with Gasteiger partial charge in [0.1, 0.15) is 0 Å². The van der Waals surface area contributed by atoms with E-state index in [-0.39, 0.29) is 5.97 Å². The van der Waals surface area contributed by atoms with Crippen LogP contribution in [0.4, 0.5) is 0 Å². The highest BCUT2D eigenvalue weighted by Gasteiger charge is 2.08. The zero-order valence-electron chi connectivity index (χ0n) is 10.1. The Morgan fingerprint density at radius 2 is 2.00 bits per heavy atom. The number of carbonyl (C=O) groups is 1. The Balaban J connectivity index is 2.35. The molecule has 1 aromatic rings. The van der Waals surface area contributed by atoms with E-state index in [4.69, 9.17) is 4.74 Å². The molecule has 2 heteroatoms. The molecule has 0 fully saturated rings. The Bertz CT molecular complexity index is 306. The second kappa shape index (κ2) is 7.04. The lowest BCUT2D eigenvalue weighted by Crippen LogP contribution is -2.03. The molecule has 1 unspecified atom stereocenters. The first-order valence-corrected chi connectivity index (χ1v) is 5.92. The van der Waals surface area contributed by atoms with Crippen molar-refractivity contribution in [1.82, 2.24) is 0 Å². The number of rotatable bonds is 6. The lowest BCUT2D eigenvalue weighted by atomic mass is 9.92. The second-order valence-corrected chi connectivity index (χ2v) is 4.00. The van der Waals surface area contributed by atoms with E-state index in [0.29, 0.717) is 12.5 Å². The maximum absolute atomic E-state index is 10.6. The summed E-state index contributed by atoms with van der Waals surface area (Å²) in [6.07, 6.45) is 3.14. The molecular formula is C14H20O2. The van der Waals surface area contributed by atoms with Crippen molar-refractivity contribution in [3.8, 4) is 0 Å². The molecule has 0 saturated heterocycles. The highest BCUT2D eigenvalue weighted by molar-refractivity contribution is 5.65. The van der Waals surface area contributed by atoms with Crippen LogP contribution in [-0.4, -0.2) is 12.6 Å². The van der Waals surface area contributed by atoms with Gasteiger partial charge in [-0.25, -0.2) is 0 Å². The highest BCUT2D eigenvalue weighted by Crippen LogP contribution is 2.24. The van der Waals surface area contributed by atoms with Gasteiger partial charge in [0, 0.05) is 6.92 Å². The van der Waals surface area contributed by atoms with E-state index in [1.165, 1.54) is 12.5 Å². The maximum Gasteiger partial charge on any atom is 0.302 e. The summed E-state index contributed by atoms with van der Waals surface area (Å²) in [5.74, 6) is 0.393. The minimum atomic E-state index is -0.187. The van der Waals surface area contributed by atoms with Crippen molar-refractivity contribution in [2.24, 2.45) is 0 Å².